The second kappa shape index (κ2) is 7.78. The zero-order chi connectivity index (χ0) is 15.6. The van der Waals surface area contributed by atoms with Gasteiger partial charge in [0.1, 0.15) is 0 Å². The topological polar surface area (TPSA) is 0 Å². The first-order chi connectivity index (χ1) is 8.98. The van der Waals surface area contributed by atoms with Crippen molar-refractivity contribution in [3.05, 3.63) is 35.4 Å². The number of hydrogen-bond acceptors (Lipinski definition) is 0. The minimum absolute atomic E-state index is 0.317. The molecule has 20 heavy (non-hydrogen) atoms. The molecule has 0 fully saturated rings. The normalized spacial score (nSPS) is 17.2. The van der Waals surface area contributed by atoms with Gasteiger partial charge < -0.3 is 0 Å². The first kappa shape index (κ1) is 19.4. The highest BCUT2D eigenvalue weighted by molar-refractivity contribution is 6.88. The van der Waals surface area contributed by atoms with Gasteiger partial charge in [-0.3, -0.25) is 0 Å². The van der Waals surface area contributed by atoms with Crippen molar-refractivity contribution in [1.29, 1.82) is 0 Å². The van der Waals surface area contributed by atoms with E-state index in [1.165, 1.54) is 11.1 Å². The molecule has 0 saturated carbocycles. The molecule has 0 saturated heterocycles. The summed E-state index contributed by atoms with van der Waals surface area (Å²) in [5, 5.41) is 0. The van der Waals surface area contributed by atoms with Gasteiger partial charge in [-0.1, -0.05) is 108 Å². The fraction of sp³-hybridized carbons (Fsp3) is 0.500. The van der Waals surface area contributed by atoms with E-state index in [2.05, 4.69) is 38.1 Å². The molecule has 0 radical (unpaired) electrons. The van der Waals surface area contributed by atoms with E-state index in [9.17, 15) is 0 Å². The quantitative estimate of drug-likeness (QED) is 0.477. The van der Waals surface area contributed by atoms with E-state index in [1.54, 1.807) is 0 Å². The Morgan fingerprint density at radius 2 is 0.950 bits per heavy atom. The highest BCUT2D eigenvalue weighted by Gasteiger charge is 2.26. The van der Waals surface area contributed by atoms with Gasteiger partial charge in [0.15, 0.2) is 6.83 Å². The number of alkyl halides is 6. The summed E-state index contributed by atoms with van der Waals surface area (Å²) in [5.41, 5.74) is 3.04. The average molecular weight is 429 g/mol. The number of benzene rings is 1. The number of rotatable bonds is 4. The minimum atomic E-state index is -1.09. The van der Waals surface area contributed by atoms with Gasteiger partial charge in [-0.25, -0.2) is 0 Å². The summed E-state index contributed by atoms with van der Waals surface area (Å²) in [7, 11) is -1.68. The number of halogens is 6. The van der Waals surface area contributed by atoms with E-state index < -0.39 is 25.9 Å². The molecule has 1 aromatic carbocycles. The molecule has 0 aromatic heterocycles. The van der Waals surface area contributed by atoms with Crippen molar-refractivity contribution < 1.29 is 0 Å². The van der Waals surface area contributed by atoms with Crippen molar-refractivity contribution in [2.45, 2.75) is 31.8 Å². The Bertz CT molecular complexity index is 382. The van der Waals surface area contributed by atoms with Crippen LogP contribution >= 0.6 is 69.6 Å². The standard InChI is InChI=1S/C12H16Cl6Si2/c1-7(19-11(13,14)15)9-3-5-10(6-4-9)8(2)20-12(16,17)18/h3-8H,19-20H2,1-2H3. The van der Waals surface area contributed by atoms with E-state index in [0.717, 1.165) is 0 Å². The van der Waals surface area contributed by atoms with Crippen LogP contribution in [0.25, 0.3) is 0 Å². The first-order valence-corrected chi connectivity index (χ1v) is 11.5. The number of hydrogen-bond donors (Lipinski definition) is 0. The lowest BCUT2D eigenvalue weighted by molar-refractivity contribution is 1.02. The molecule has 114 valence electrons. The Balaban J connectivity index is 2.73. The average Bonchev–Trinajstić information content (AvgIpc) is 2.24. The maximum Gasteiger partial charge on any atom is 0.170 e. The van der Waals surface area contributed by atoms with Gasteiger partial charge in [0.25, 0.3) is 0 Å². The van der Waals surface area contributed by atoms with Crippen LogP contribution in [0.1, 0.15) is 36.1 Å². The van der Waals surface area contributed by atoms with Crippen LogP contribution in [0.2, 0.25) is 0 Å². The lowest BCUT2D eigenvalue weighted by Gasteiger charge is -2.19. The van der Waals surface area contributed by atoms with Crippen LogP contribution in [0, 0.1) is 0 Å². The molecule has 0 heterocycles. The molecule has 8 heteroatoms. The second-order valence-electron chi connectivity index (χ2n) is 5.11. The van der Waals surface area contributed by atoms with Gasteiger partial charge in [0.05, 0.1) is 19.0 Å². The van der Waals surface area contributed by atoms with Crippen molar-refractivity contribution in [1.82, 2.24) is 0 Å². The predicted octanol–water partition coefficient (Wildman–Crippen LogP) is 4.80. The van der Waals surface area contributed by atoms with Crippen molar-refractivity contribution in [2.24, 2.45) is 0 Å². The monoisotopic (exact) mass is 426 g/mol. The van der Waals surface area contributed by atoms with Gasteiger partial charge in [-0.2, -0.15) is 0 Å². The fourth-order valence-corrected chi connectivity index (χ4v) is 8.65. The molecular weight excluding hydrogens is 413 g/mol. The lowest BCUT2D eigenvalue weighted by atomic mass is 10.1. The Morgan fingerprint density at radius 1 is 0.700 bits per heavy atom. The van der Waals surface area contributed by atoms with Crippen molar-refractivity contribution in [3.8, 4) is 0 Å². The van der Waals surface area contributed by atoms with Crippen LogP contribution in [0.3, 0.4) is 0 Å². The van der Waals surface area contributed by atoms with Crippen LogP contribution in [0.4, 0.5) is 0 Å². The molecule has 0 aliphatic rings. The highest BCUT2D eigenvalue weighted by atomic mass is 35.6. The summed E-state index contributed by atoms with van der Waals surface area (Å²) in [5.74, 6) is 0. The third-order valence-corrected chi connectivity index (χ3v) is 9.02. The molecule has 2 unspecified atom stereocenters. The summed E-state index contributed by atoms with van der Waals surface area (Å²) in [6.07, 6.45) is 0. The minimum Gasteiger partial charge on any atom is -0.0890 e. The SMILES string of the molecule is CC([SiH2]C(Cl)(Cl)Cl)c1ccc(C(C)[SiH2]C(Cl)(Cl)Cl)cc1. The molecule has 1 aromatic rings. The van der Waals surface area contributed by atoms with E-state index in [-0.39, 0.29) is 0 Å². The van der Waals surface area contributed by atoms with Gasteiger partial charge in [-0.15, -0.1) is 0 Å². The van der Waals surface area contributed by atoms with Crippen molar-refractivity contribution >= 4 is 88.6 Å². The summed E-state index contributed by atoms with van der Waals surface area (Å²) >= 11 is 35.3. The Hall–Kier alpha value is 1.39. The summed E-state index contributed by atoms with van der Waals surface area (Å²) in [6.45, 7) is 4.20. The molecule has 2 atom stereocenters. The first-order valence-electron chi connectivity index (χ1n) is 6.21. The third-order valence-electron chi connectivity index (χ3n) is 3.15. The van der Waals surface area contributed by atoms with E-state index in [1.807, 2.05) is 0 Å². The zero-order valence-corrected chi connectivity index (χ0v) is 18.5. The summed E-state index contributed by atoms with van der Waals surface area (Å²) in [6, 6.07) is 8.36. The van der Waals surface area contributed by atoms with Gasteiger partial charge in [0.2, 0.25) is 0 Å². The molecule has 0 N–H and O–H groups in total. The van der Waals surface area contributed by atoms with Crippen molar-refractivity contribution in [2.75, 3.05) is 0 Å². The molecule has 1 rings (SSSR count). The maximum absolute atomic E-state index is 5.89. The van der Waals surface area contributed by atoms with Crippen LogP contribution < -0.4 is 0 Å². The van der Waals surface area contributed by atoms with Crippen LogP contribution in [-0.2, 0) is 0 Å². The Labute approximate surface area is 155 Å². The fourth-order valence-electron chi connectivity index (χ4n) is 2.08. The van der Waals surface area contributed by atoms with E-state index in [0.29, 0.717) is 11.1 Å². The van der Waals surface area contributed by atoms with Crippen LogP contribution in [-0.4, -0.2) is 25.9 Å². The largest absolute Gasteiger partial charge is 0.170 e. The summed E-state index contributed by atoms with van der Waals surface area (Å²) in [4.78, 5) is 0. The smallest absolute Gasteiger partial charge is 0.0890 e. The molecule has 0 amide bonds. The maximum atomic E-state index is 5.89. The van der Waals surface area contributed by atoms with Gasteiger partial charge in [0, 0.05) is 0 Å². The van der Waals surface area contributed by atoms with Gasteiger partial charge in [-0.05, 0) is 22.2 Å². The summed E-state index contributed by atoms with van der Waals surface area (Å²) < 4.78 is -2.18. The Kier molecular flexibility index (Phi) is 7.57. The molecule has 0 nitrogen and oxygen atoms in total. The second-order valence-corrected chi connectivity index (χ2v) is 18.2. The zero-order valence-electron chi connectivity index (χ0n) is 11.1. The Morgan fingerprint density at radius 3 is 1.15 bits per heavy atom. The predicted molar refractivity (Wildman–Crippen MR) is 101 cm³/mol. The molecule has 0 aliphatic carbocycles. The van der Waals surface area contributed by atoms with Crippen molar-refractivity contribution in [3.63, 3.8) is 0 Å². The van der Waals surface area contributed by atoms with E-state index >= 15 is 0 Å². The molecule has 0 spiro atoms. The van der Waals surface area contributed by atoms with Gasteiger partial charge >= 0.3 is 0 Å². The molecular formula is C12H16Cl6Si2. The van der Waals surface area contributed by atoms with Crippen LogP contribution in [0.15, 0.2) is 24.3 Å². The van der Waals surface area contributed by atoms with E-state index in [4.69, 9.17) is 69.6 Å². The lowest BCUT2D eigenvalue weighted by Crippen LogP contribution is -2.21. The third kappa shape index (κ3) is 7.59. The molecule has 0 bridgehead atoms. The highest BCUT2D eigenvalue weighted by Crippen LogP contribution is 2.32. The van der Waals surface area contributed by atoms with Crippen LogP contribution in [0.5, 0.6) is 0 Å². The molecule has 0 aliphatic heterocycles.